The van der Waals surface area contributed by atoms with E-state index in [9.17, 15) is 10.2 Å². The number of phenols is 1. The lowest BCUT2D eigenvalue weighted by Gasteiger charge is -2.34. The van der Waals surface area contributed by atoms with E-state index in [1.54, 1.807) is 0 Å². The van der Waals surface area contributed by atoms with Crippen LogP contribution in [0.15, 0.2) is 12.1 Å². The quantitative estimate of drug-likeness (QED) is 0.784. The maximum absolute atomic E-state index is 10.9. The van der Waals surface area contributed by atoms with E-state index in [0.29, 0.717) is 18.3 Å². The Kier molecular flexibility index (Phi) is 6.45. The number of aromatic hydroxyl groups is 1. The Morgan fingerprint density at radius 3 is 1.96 bits per heavy atom. The third-order valence-corrected chi connectivity index (χ3v) is 5.55. The molecule has 3 unspecified atom stereocenters. The lowest BCUT2D eigenvalue weighted by Crippen LogP contribution is -2.36. The molecule has 0 heterocycles. The molecule has 0 bridgehead atoms. The molecule has 1 aromatic rings. The topological polar surface area (TPSA) is 49.7 Å². The number of aliphatic hydroxyl groups excluding tert-OH is 1. The maximum atomic E-state index is 10.9. The highest BCUT2D eigenvalue weighted by Gasteiger charge is 2.31. The van der Waals surface area contributed by atoms with E-state index >= 15 is 0 Å². The second kappa shape index (κ2) is 7.90. The van der Waals surface area contributed by atoms with Crippen molar-refractivity contribution in [3.63, 3.8) is 0 Å². The fourth-order valence-corrected chi connectivity index (χ4v) is 4.09. The Morgan fingerprint density at radius 1 is 1.00 bits per heavy atom. The number of ether oxygens (including phenoxy) is 1. The SMILES string of the molecule is CCOC1CCC(Cc2cc(C(C)(C)C)c(O)c(C(C)(C)C)c2)CC1O. The summed E-state index contributed by atoms with van der Waals surface area (Å²) in [7, 11) is 0. The van der Waals surface area contributed by atoms with Gasteiger partial charge in [-0.15, -0.1) is 0 Å². The van der Waals surface area contributed by atoms with Crippen LogP contribution < -0.4 is 0 Å². The number of benzene rings is 1. The van der Waals surface area contributed by atoms with E-state index in [2.05, 4.69) is 53.7 Å². The van der Waals surface area contributed by atoms with Gasteiger partial charge >= 0.3 is 0 Å². The minimum Gasteiger partial charge on any atom is -0.507 e. The van der Waals surface area contributed by atoms with Crippen molar-refractivity contribution >= 4 is 0 Å². The molecule has 1 saturated carbocycles. The van der Waals surface area contributed by atoms with Gasteiger partial charge in [0.05, 0.1) is 12.2 Å². The van der Waals surface area contributed by atoms with Crippen LogP contribution in [0.3, 0.4) is 0 Å². The minimum atomic E-state index is -0.366. The molecule has 3 atom stereocenters. The van der Waals surface area contributed by atoms with Gasteiger partial charge in [0.25, 0.3) is 0 Å². The zero-order valence-corrected chi connectivity index (χ0v) is 17.7. The summed E-state index contributed by atoms with van der Waals surface area (Å²) in [4.78, 5) is 0. The summed E-state index contributed by atoms with van der Waals surface area (Å²) in [5.74, 6) is 0.903. The van der Waals surface area contributed by atoms with Crippen molar-refractivity contribution in [1.29, 1.82) is 0 Å². The predicted octanol–water partition coefficient (Wildman–Crippen LogP) is 5.10. The van der Waals surface area contributed by atoms with Crippen molar-refractivity contribution in [2.75, 3.05) is 6.61 Å². The van der Waals surface area contributed by atoms with Gasteiger partial charge in [-0.25, -0.2) is 0 Å². The van der Waals surface area contributed by atoms with Gasteiger partial charge in [0.1, 0.15) is 5.75 Å². The summed E-state index contributed by atoms with van der Waals surface area (Å²) in [6.45, 7) is 15.5. The standard InChI is InChI=1S/C23H38O3/c1-8-26-20-10-9-15(14-19(20)24)11-16-12-17(22(2,3)4)21(25)18(13-16)23(5,6)7/h12-13,15,19-20,24-25H,8-11,14H2,1-7H3. The first-order valence-electron chi connectivity index (χ1n) is 10.1. The van der Waals surface area contributed by atoms with Crippen molar-refractivity contribution in [3.05, 3.63) is 28.8 Å². The highest BCUT2D eigenvalue weighted by molar-refractivity contribution is 5.50. The van der Waals surface area contributed by atoms with Crippen LogP contribution in [0.1, 0.15) is 84.4 Å². The Bertz CT molecular complexity index is 572. The van der Waals surface area contributed by atoms with E-state index < -0.39 is 0 Å². The molecule has 3 nitrogen and oxygen atoms in total. The van der Waals surface area contributed by atoms with Crippen molar-refractivity contribution in [3.8, 4) is 5.75 Å². The van der Waals surface area contributed by atoms with Crippen LogP contribution in [0.4, 0.5) is 0 Å². The van der Waals surface area contributed by atoms with Gasteiger partial charge in [0.2, 0.25) is 0 Å². The Balaban J connectivity index is 2.27. The molecule has 26 heavy (non-hydrogen) atoms. The summed E-state index contributed by atoms with van der Waals surface area (Å²) >= 11 is 0. The van der Waals surface area contributed by atoms with Crippen LogP contribution in [0.25, 0.3) is 0 Å². The number of aliphatic hydroxyl groups is 1. The van der Waals surface area contributed by atoms with Crippen molar-refractivity contribution < 1.29 is 14.9 Å². The zero-order valence-electron chi connectivity index (χ0n) is 17.7. The first-order chi connectivity index (χ1) is 11.9. The Labute approximate surface area is 159 Å². The van der Waals surface area contributed by atoms with Crippen LogP contribution in [-0.4, -0.2) is 29.0 Å². The highest BCUT2D eigenvalue weighted by atomic mass is 16.5. The molecular weight excluding hydrogens is 324 g/mol. The Hall–Kier alpha value is -1.06. The van der Waals surface area contributed by atoms with E-state index in [-0.39, 0.29) is 23.0 Å². The molecule has 1 aliphatic carbocycles. The van der Waals surface area contributed by atoms with Crippen LogP contribution in [0, 0.1) is 5.92 Å². The average molecular weight is 363 g/mol. The van der Waals surface area contributed by atoms with E-state index in [1.807, 2.05) is 6.92 Å². The van der Waals surface area contributed by atoms with Crippen molar-refractivity contribution in [2.24, 2.45) is 5.92 Å². The lowest BCUT2D eigenvalue weighted by molar-refractivity contribution is -0.0662. The highest BCUT2D eigenvalue weighted by Crippen LogP contribution is 2.41. The van der Waals surface area contributed by atoms with Gasteiger partial charge in [-0.2, -0.15) is 0 Å². The number of rotatable bonds is 4. The normalized spacial score (nSPS) is 24.7. The summed E-state index contributed by atoms with van der Waals surface area (Å²) in [5.41, 5.74) is 3.09. The molecule has 0 spiro atoms. The zero-order chi connectivity index (χ0) is 19.7. The lowest BCUT2D eigenvalue weighted by atomic mass is 9.76. The van der Waals surface area contributed by atoms with Crippen molar-refractivity contribution in [2.45, 2.75) is 97.2 Å². The molecule has 0 amide bonds. The third-order valence-electron chi connectivity index (χ3n) is 5.55. The second-order valence-electron chi connectivity index (χ2n) is 9.98. The summed E-state index contributed by atoms with van der Waals surface area (Å²) in [6.07, 6.45) is 3.37. The van der Waals surface area contributed by atoms with E-state index in [1.165, 1.54) is 5.56 Å². The molecule has 148 valence electrons. The summed E-state index contributed by atoms with van der Waals surface area (Å²) < 4.78 is 5.65. The average Bonchev–Trinajstić information content (AvgIpc) is 2.49. The van der Waals surface area contributed by atoms with Gasteiger partial charge in [0.15, 0.2) is 0 Å². The van der Waals surface area contributed by atoms with Crippen LogP contribution in [0.5, 0.6) is 5.75 Å². The molecule has 0 aliphatic heterocycles. The Morgan fingerprint density at radius 2 is 1.54 bits per heavy atom. The van der Waals surface area contributed by atoms with E-state index in [0.717, 1.165) is 36.8 Å². The molecule has 1 aromatic carbocycles. The maximum Gasteiger partial charge on any atom is 0.123 e. The monoisotopic (exact) mass is 362 g/mol. The molecule has 2 N–H and O–H groups in total. The second-order valence-corrected chi connectivity index (χ2v) is 9.98. The van der Waals surface area contributed by atoms with Gasteiger partial charge in [-0.3, -0.25) is 0 Å². The predicted molar refractivity (Wildman–Crippen MR) is 108 cm³/mol. The summed E-state index contributed by atoms with van der Waals surface area (Å²) in [6, 6.07) is 4.34. The molecule has 2 rings (SSSR count). The van der Waals surface area contributed by atoms with Gasteiger partial charge < -0.3 is 14.9 Å². The van der Waals surface area contributed by atoms with Crippen LogP contribution >= 0.6 is 0 Å². The molecule has 1 fully saturated rings. The molecular formula is C23H38O3. The molecule has 3 heteroatoms. The van der Waals surface area contributed by atoms with Crippen molar-refractivity contribution in [1.82, 2.24) is 0 Å². The number of hydrogen-bond acceptors (Lipinski definition) is 3. The van der Waals surface area contributed by atoms with Crippen LogP contribution in [0.2, 0.25) is 0 Å². The first kappa shape index (κ1) is 21.2. The first-order valence-corrected chi connectivity index (χ1v) is 10.1. The fourth-order valence-electron chi connectivity index (χ4n) is 4.09. The molecule has 0 radical (unpaired) electrons. The smallest absolute Gasteiger partial charge is 0.123 e. The third kappa shape index (κ3) is 5.01. The molecule has 1 aliphatic rings. The van der Waals surface area contributed by atoms with Gasteiger partial charge in [0, 0.05) is 6.61 Å². The molecule has 0 aromatic heterocycles. The molecule has 0 saturated heterocycles. The van der Waals surface area contributed by atoms with E-state index in [4.69, 9.17) is 4.74 Å². The van der Waals surface area contributed by atoms with Gasteiger partial charge in [-0.05, 0) is 66.0 Å². The number of hydrogen-bond donors (Lipinski definition) is 2. The van der Waals surface area contributed by atoms with Gasteiger partial charge in [-0.1, -0.05) is 53.7 Å². The minimum absolute atomic E-state index is 0.00802. The summed E-state index contributed by atoms with van der Waals surface area (Å²) in [5, 5.41) is 21.3. The largest absolute Gasteiger partial charge is 0.507 e. The fraction of sp³-hybridized carbons (Fsp3) is 0.739. The number of phenolic OH excluding ortho intramolecular Hbond substituents is 1. The van der Waals surface area contributed by atoms with Crippen LogP contribution in [-0.2, 0) is 22.0 Å².